The summed E-state index contributed by atoms with van der Waals surface area (Å²) >= 11 is 1.79. The second-order valence-electron chi connectivity index (χ2n) is 5.02. The van der Waals surface area contributed by atoms with Crippen molar-refractivity contribution in [1.82, 2.24) is 4.90 Å². The molecule has 1 aliphatic carbocycles. The van der Waals surface area contributed by atoms with Crippen molar-refractivity contribution < 1.29 is 0 Å². The van der Waals surface area contributed by atoms with Gasteiger partial charge in [-0.2, -0.15) is 0 Å². The van der Waals surface area contributed by atoms with Gasteiger partial charge >= 0.3 is 0 Å². The van der Waals surface area contributed by atoms with E-state index < -0.39 is 0 Å². The summed E-state index contributed by atoms with van der Waals surface area (Å²) in [7, 11) is 2.07. The molecule has 0 saturated heterocycles. The van der Waals surface area contributed by atoms with Gasteiger partial charge < -0.3 is 4.90 Å². The maximum absolute atomic E-state index is 8.35. The zero-order valence-electron chi connectivity index (χ0n) is 10.8. The van der Waals surface area contributed by atoms with Crippen molar-refractivity contribution in [3.63, 3.8) is 0 Å². The van der Waals surface area contributed by atoms with E-state index in [4.69, 9.17) is 5.41 Å². The minimum atomic E-state index is 0.337. The van der Waals surface area contributed by atoms with Crippen LogP contribution in [0.4, 0.5) is 0 Å². The first kappa shape index (κ1) is 12.6. The Morgan fingerprint density at radius 3 is 2.71 bits per heavy atom. The van der Waals surface area contributed by atoms with Crippen molar-refractivity contribution in [3.05, 3.63) is 22.4 Å². The third-order valence-electron chi connectivity index (χ3n) is 3.91. The largest absolute Gasteiger partial charge is 0.356 e. The van der Waals surface area contributed by atoms with Gasteiger partial charge in [-0.3, -0.25) is 5.41 Å². The highest BCUT2D eigenvalue weighted by Gasteiger charge is 2.24. The third kappa shape index (κ3) is 2.89. The zero-order chi connectivity index (χ0) is 12.3. The minimum Gasteiger partial charge on any atom is -0.356 e. The molecule has 1 aromatic rings. The minimum absolute atomic E-state index is 0.337. The molecule has 0 amide bonds. The summed E-state index contributed by atoms with van der Waals surface area (Å²) in [6, 6.07) is 4.60. The number of nitrogens with one attached hydrogen (secondary N) is 1. The van der Waals surface area contributed by atoms with E-state index in [1.165, 1.54) is 37.0 Å². The van der Waals surface area contributed by atoms with Crippen molar-refractivity contribution in [1.29, 1.82) is 5.41 Å². The SMILES string of the molecule is CC(c1cccs1)N(C)C(=N)C1CCCCC1. The Balaban J connectivity index is 1.98. The van der Waals surface area contributed by atoms with Crippen molar-refractivity contribution in [3.8, 4) is 0 Å². The lowest BCUT2D eigenvalue weighted by Gasteiger charge is -2.32. The lowest BCUT2D eigenvalue weighted by atomic mass is 9.87. The van der Waals surface area contributed by atoms with E-state index in [9.17, 15) is 0 Å². The van der Waals surface area contributed by atoms with Gasteiger partial charge in [0, 0.05) is 17.8 Å². The molecule has 94 valence electrons. The molecule has 1 atom stereocenters. The average Bonchev–Trinajstić information content (AvgIpc) is 2.91. The van der Waals surface area contributed by atoms with Crippen LogP contribution in [-0.2, 0) is 0 Å². The summed E-state index contributed by atoms with van der Waals surface area (Å²) in [4.78, 5) is 3.51. The highest BCUT2D eigenvalue weighted by atomic mass is 32.1. The van der Waals surface area contributed by atoms with Crippen LogP contribution in [-0.4, -0.2) is 17.8 Å². The molecular weight excluding hydrogens is 228 g/mol. The topological polar surface area (TPSA) is 27.1 Å². The Hall–Kier alpha value is -0.830. The molecule has 1 heterocycles. The Labute approximate surface area is 108 Å². The number of rotatable bonds is 3. The monoisotopic (exact) mass is 250 g/mol. The third-order valence-corrected chi connectivity index (χ3v) is 4.95. The highest BCUT2D eigenvalue weighted by molar-refractivity contribution is 7.10. The van der Waals surface area contributed by atoms with Crippen LogP contribution in [0.25, 0.3) is 0 Å². The van der Waals surface area contributed by atoms with Gasteiger partial charge in [-0.25, -0.2) is 0 Å². The molecule has 1 aliphatic rings. The van der Waals surface area contributed by atoms with Crippen molar-refractivity contribution in [2.75, 3.05) is 7.05 Å². The van der Waals surface area contributed by atoms with E-state index in [0.717, 1.165) is 5.84 Å². The first-order valence-corrected chi connectivity index (χ1v) is 7.43. The maximum Gasteiger partial charge on any atom is 0.0992 e. The Morgan fingerprint density at radius 2 is 2.12 bits per heavy atom. The molecule has 0 bridgehead atoms. The fourth-order valence-electron chi connectivity index (χ4n) is 2.59. The van der Waals surface area contributed by atoms with Gasteiger partial charge in [0.15, 0.2) is 0 Å². The second-order valence-corrected chi connectivity index (χ2v) is 6.00. The molecule has 1 unspecified atom stereocenters. The van der Waals surface area contributed by atoms with E-state index >= 15 is 0 Å². The molecule has 0 spiro atoms. The van der Waals surface area contributed by atoms with Gasteiger partial charge in [-0.15, -0.1) is 11.3 Å². The molecule has 1 fully saturated rings. The van der Waals surface area contributed by atoms with Gasteiger partial charge in [0.25, 0.3) is 0 Å². The van der Waals surface area contributed by atoms with Gasteiger partial charge in [0.1, 0.15) is 0 Å². The predicted octanol–water partition coefficient (Wildman–Crippen LogP) is 4.30. The Morgan fingerprint density at radius 1 is 1.41 bits per heavy atom. The molecule has 2 rings (SSSR count). The van der Waals surface area contributed by atoms with E-state index in [2.05, 4.69) is 36.4 Å². The van der Waals surface area contributed by atoms with Crippen LogP contribution in [0, 0.1) is 11.3 Å². The maximum atomic E-state index is 8.35. The lowest BCUT2D eigenvalue weighted by Crippen LogP contribution is -2.35. The summed E-state index contributed by atoms with van der Waals surface area (Å²) < 4.78 is 0. The van der Waals surface area contributed by atoms with Gasteiger partial charge in [0.05, 0.1) is 11.9 Å². The molecule has 0 aliphatic heterocycles. The highest BCUT2D eigenvalue weighted by Crippen LogP contribution is 2.29. The van der Waals surface area contributed by atoms with Crippen LogP contribution in [0.2, 0.25) is 0 Å². The molecule has 3 heteroatoms. The van der Waals surface area contributed by atoms with Crippen LogP contribution in [0.3, 0.4) is 0 Å². The van der Waals surface area contributed by atoms with Gasteiger partial charge in [0.2, 0.25) is 0 Å². The molecular formula is C14H22N2S. The molecule has 1 N–H and O–H groups in total. The van der Waals surface area contributed by atoms with Crippen molar-refractivity contribution >= 4 is 17.2 Å². The predicted molar refractivity (Wildman–Crippen MR) is 74.8 cm³/mol. The molecule has 1 aromatic heterocycles. The fourth-order valence-corrected chi connectivity index (χ4v) is 3.42. The summed E-state index contributed by atoms with van der Waals surface area (Å²) in [6.45, 7) is 2.20. The van der Waals surface area contributed by atoms with E-state index in [1.54, 1.807) is 11.3 Å². The lowest BCUT2D eigenvalue weighted by molar-refractivity contribution is 0.345. The van der Waals surface area contributed by atoms with E-state index in [1.807, 2.05) is 0 Å². The second kappa shape index (κ2) is 5.67. The van der Waals surface area contributed by atoms with Gasteiger partial charge in [-0.05, 0) is 31.2 Å². The molecule has 0 radical (unpaired) electrons. The number of hydrogen-bond donors (Lipinski definition) is 1. The first-order valence-electron chi connectivity index (χ1n) is 6.55. The van der Waals surface area contributed by atoms with Crippen LogP contribution >= 0.6 is 11.3 Å². The summed E-state index contributed by atoms with van der Waals surface area (Å²) in [5, 5.41) is 10.5. The van der Waals surface area contributed by atoms with Gasteiger partial charge in [-0.1, -0.05) is 25.3 Å². The van der Waals surface area contributed by atoms with E-state index in [-0.39, 0.29) is 0 Å². The average molecular weight is 250 g/mol. The van der Waals surface area contributed by atoms with Crippen molar-refractivity contribution in [2.24, 2.45) is 5.92 Å². The summed E-state index contributed by atoms with van der Waals surface area (Å²) in [5.41, 5.74) is 0. The quantitative estimate of drug-likeness (QED) is 0.628. The smallest absolute Gasteiger partial charge is 0.0992 e. The summed E-state index contributed by atoms with van der Waals surface area (Å²) in [6.07, 6.45) is 6.37. The number of nitrogens with zero attached hydrogens (tertiary/aromatic N) is 1. The zero-order valence-corrected chi connectivity index (χ0v) is 11.6. The van der Waals surface area contributed by atoms with E-state index in [0.29, 0.717) is 12.0 Å². The van der Waals surface area contributed by atoms with Crippen LogP contribution in [0.15, 0.2) is 17.5 Å². The molecule has 2 nitrogen and oxygen atoms in total. The number of amidine groups is 1. The molecule has 17 heavy (non-hydrogen) atoms. The molecule has 0 aromatic carbocycles. The standard InChI is InChI=1S/C14H22N2S/c1-11(13-9-6-10-17-13)16(2)14(15)12-7-4-3-5-8-12/h6,9-12,15H,3-5,7-8H2,1-2H3. The van der Waals surface area contributed by atoms with Crippen LogP contribution < -0.4 is 0 Å². The van der Waals surface area contributed by atoms with Crippen LogP contribution in [0.5, 0.6) is 0 Å². The normalized spacial score (nSPS) is 18.9. The number of thiophene rings is 1. The number of hydrogen-bond acceptors (Lipinski definition) is 2. The molecule has 1 saturated carbocycles. The Kier molecular flexibility index (Phi) is 4.21. The van der Waals surface area contributed by atoms with Crippen molar-refractivity contribution in [2.45, 2.75) is 45.1 Å². The fraction of sp³-hybridized carbons (Fsp3) is 0.643. The van der Waals surface area contributed by atoms with Crippen LogP contribution in [0.1, 0.15) is 49.9 Å². The summed E-state index contributed by atoms with van der Waals surface area (Å²) in [5.74, 6) is 1.33. The Bertz CT molecular complexity index is 352. The first-order chi connectivity index (χ1) is 8.20.